The van der Waals surface area contributed by atoms with Gasteiger partial charge in [-0.15, -0.1) is 0 Å². The molecule has 88 valence electrons. The topological polar surface area (TPSA) is 32.5 Å². The highest BCUT2D eigenvalue weighted by atomic mass is 19.1. The van der Waals surface area contributed by atoms with Crippen molar-refractivity contribution < 1.29 is 4.39 Å². The summed E-state index contributed by atoms with van der Waals surface area (Å²) < 4.78 is 13.7. The number of nitrogen functional groups attached to an aromatic ring is 1. The predicted octanol–water partition coefficient (Wildman–Crippen LogP) is 1.55. The van der Waals surface area contributed by atoms with Crippen LogP contribution in [0.2, 0.25) is 0 Å². The number of anilines is 2. The molecule has 0 spiro atoms. The Balaban J connectivity index is 2.14. The Morgan fingerprint density at radius 2 is 2.19 bits per heavy atom. The van der Waals surface area contributed by atoms with E-state index in [2.05, 4.69) is 23.9 Å². The number of benzene rings is 1. The molecule has 1 aromatic carbocycles. The van der Waals surface area contributed by atoms with E-state index in [1.165, 1.54) is 6.07 Å². The average Bonchev–Trinajstić information content (AvgIpc) is 2.66. The molecule has 2 rings (SSSR count). The fourth-order valence-corrected chi connectivity index (χ4v) is 2.16. The lowest BCUT2D eigenvalue weighted by Gasteiger charge is -2.22. The molecular weight excluding hydrogens is 205 g/mol. The smallest absolute Gasteiger partial charge is 0.148 e. The van der Waals surface area contributed by atoms with Crippen LogP contribution in [-0.2, 0) is 0 Å². The van der Waals surface area contributed by atoms with Crippen LogP contribution in [0.1, 0.15) is 6.42 Å². The zero-order valence-electron chi connectivity index (χ0n) is 9.78. The van der Waals surface area contributed by atoms with E-state index in [1.54, 1.807) is 12.1 Å². The zero-order chi connectivity index (χ0) is 11.7. The van der Waals surface area contributed by atoms with Crippen molar-refractivity contribution in [1.82, 2.24) is 4.90 Å². The molecule has 1 fully saturated rings. The Kier molecular flexibility index (Phi) is 3.01. The fourth-order valence-electron chi connectivity index (χ4n) is 2.16. The van der Waals surface area contributed by atoms with Crippen LogP contribution in [0.5, 0.6) is 0 Å². The second-order valence-electron chi connectivity index (χ2n) is 4.56. The highest BCUT2D eigenvalue weighted by molar-refractivity contribution is 5.55. The SMILES string of the molecule is CN(C)[C@H]1CCN(c2ccc(N)cc2F)C1. The van der Waals surface area contributed by atoms with E-state index in [4.69, 9.17) is 5.73 Å². The molecule has 1 atom stereocenters. The van der Waals surface area contributed by atoms with Gasteiger partial charge in [-0.05, 0) is 38.7 Å². The van der Waals surface area contributed by atoms with Crippen molar-refractivity contribution in [3.63, 3.8) is 0 Å². The van der Waals surface area contributed by atoms with E-state index in [9.17, 15) is 4.39 Å². The van der Waals surface area contributed by atoms with Gasteiger partial charge in [-0.1, -0.05) is 0 Å². The summed E-state index contributed by atoms with van der Waals surface area (Å²) in [6.45, 7) is 1.79. The molecule has 1 aliphatic heterocycles. The van der Waals surface area contributed by atoms with E-state index in [0.717, 1.165) is 19.5 Å². The molecule has 1 saturated heterocycles. The van der Waals surface area contributed by atoms with Gasteiger partial charge in [0.2, 0.25) is 0 Å². The van der Waals surface area contributed by atoms with E-state index in [-0.39, 0.29) is 5.82 Å². The molecule has 16 heavy (non-hydrogen) atoms. The molecule has 2 N–H and O–H groups in total. The maximum atomic E-state index is 13.7. The Morgan fingerprint density at radius 3 is 2.75 bits per heavy atom. The second-order valence-corrected chi connectivity index (χ2v) is 4.56. The third kappa shape index (κ3) is 2.11. The second kappa shape index (κ2) is 4.29. The Morgan fingerprint density at radius 1 is 1.44 bits per heavy atom. The maximum Gasteiger partial charge on any atom is 0.148 e. The Labute approximate surface area is 95.6 Å². The molecule has 0 saturated carbocycles. The molecule has 4 heteroatoms. The van der Waals surface area contributed by atoms with Crippen molar-refractivity contribution in [2.75, 3.05) is 37.8 Å². The summed E-state index contributed by atoms with van der Waals surface area (Å²) in [4.78, 5) is 4.27. The minimum absolute atomic E-state index is 0.223. The summed E-state index contributed by atoms with van der Waals surface area (Å²) in [6.07, 6.45) is 1.08. The van der Waals surface area contributed by atoms with Gasteiger partial charge >= 0.3 is 0 Å². The first-order chi connectivity index (χ1) is 7.58. The number of nitrogens with zero attached hydrogens (tertiary/aromatic N) is 2. The van der Waals surface area contributed by atoms with Crippen LogP contribution in [0.25, 0.3) is 0 Å². The van der Waals surface area contributed by atoms with Gasteiger partial charge in [-0.3, -0.25) is 0 Å². The summed E-state index contributed by atoms with van der Waals surface area (Å²) >= 11 is 0. The number of hydrogen-bond donors (Lipinski definition) is 1. The standard InChI is InChI=1S/C12H18FN3/c1-15(2)10-5-6-16(8-10)12-4-3-9(14)7-11(12)13/h3-4,7,10H,5-6,8,14H2,1-2H3/t10-/m0/s1. The number of halogens is 1. The third-order valence-electron chi connectivity index (χ3n) is 3.21. The third-order valence-corrected chi connectivity index (χ3v) is 3.21. The minimum Gasteiger partial charge on any atom is -0.399 e. The van der Waals surface area contributed by atoms with Crippen LogP contribution in [0.3, 0.4) is 0 Å². The van der Waals surface area contributed by atoms with Crippen LogP contribution in [0, 0.1) is 5.82 Å². The van der Waals surface area contributed by atoms with Crippen molar-refractivity contribution >= 4 is 11.4 Å². The van der Waals surface area contributed by atoms with Crippen LogP contribution in [0.4, 0.5) is 15.8 Å². The van der Waals surface area contributed by atoms with Gasteiger partial charge in [0.25, 0.3) is 0 Å². The zero-order valence-corrected chi connectivity index (χ0v) is 9.78. The van der Waals surface area contributed by atoms with Gasteiger partial charge in [0.1, 0.15) is 5.82 Å². The molecule has 0 aromatic heterocycles. The minimum atomic E-state index is -0.223. The van der Waals surface area contributed by atoms with Gasteiger partial charge in [0, 0.05) is 24.8 Å². The monoisotopic (exact) mass is 223 g/mol. The molecule has 1 aromatic rings. The van der Waals surface area contributed by atoms with Gasteiger partial charge in [-0.2, -0.15) is 0 Å². The number of nitrogens with two attached hydrogens (primary N) is 1. The first kappa shape index (κ1) is 11.2. The lowest BCUT2D eigenvalue weighted by molar-refractivity contribution is 0.315. The molecule has 0 radical (unpaired) electrons. The maximum absolute atomic E-state index is 13.7. The van der Waals surface area contributed by atoms with Crippen molar-refractivity contribution in [3.8, 4) is 0 Å². The number of hydrogen-bond acceptors (Lipinski definition) is 3. The Hall–Kier alpha value is -1.29. The lowest BCUT2D eigenvalue weighted by Crippen LogP contribution is -2.31. The molecule has 0 unspecified atom stereocenters. The van der Waals surface area contributed by atoms with E-state index in [1.807, 2.05) is 0 Å². The van der Waals surface area contributed by atoms with Crippen LogP contribution in [0.15, 0.2) is 18.2 Å². The van der Waals surface area contributed by atoms with Crippen molar-refractivity contribution in [2.24, 2.45) is 0 Å². The summed E-state index contributed by atoms with van der Waals surface area (Å²) in [5, 5.41) is 0. The summed E-state index contributed by atoms with van der Waals surface area (Å²) in [7, 11) is 4.13. The van der Waals surface area contributed by atoms with Crippen molar-refractivity contribution in [3.05, 3.63) is 24.0 Å². The summed E-state index contributed by atoms with van der Waals surface area (Å²) in [5.41, 5.74) is 6.68. The number of likely N-dealkylation sites (N-methyl/N-ethyl adjacent to an activating group) is 1. The van der Waals surface area contributed by atoms with Crippen LogP contribution < -0.4 is 10.6 Å². The van der Waals surface area contributed by atoms with Gasteiger partial charge in [0.15, 0.2) is 0 Å². The number of rotatable bonds is 2. The van der Waals surface area contributed by atoms with Crippen LogP contribution >= 0.6 is 0 Å². The normalized spacial score (nSPS) is 20.8. The molecule has 0 bridgehead atoms. The quantitative estimate of drug-likeness (QED) is 0.772. The highest BCUT2D eigenvalue weighted by Gasteiger charge is 2.25. The Bertz CT molecular complexity index is 379. The fraction of sp³-hybridized carbons (Fsp3) is 0.500. The molecule has 1 aliphatic rings. The molecular formula is C12H18FN3. The highest BCUT2D eigenvalue weighted by Crippen LogP contribution is 2.26. The predicted molar refractivity (Wildman–Crippen MR) is 65.1 cm³/mol. The van der Waals surface area contributed by atoms with Crippen molar-refractivity contribution in [2.45, 2.75) is 12.5 Å². The van der Waals surface area contributed by atoms with E-state index < -0.39 is 0 Å². The van der Waals surface area contributed by atoms with Gasteiger partial charge < -0.3 is 15.5 Å². The van der Waals surface area contributed by atoms with Crippen molar-refractivity contribution in [1.29, 1.82) is 0 Å². The molecule has 1 heterocycles. The van der Waals surface area contributed by atoms with E-state index >= 15 is 0 Å². The van der Waals surface area contributed by atoms with Crippen LogP contribution in [-0.4, -0.2) is 38.1 Å². The summed E-state index contributed by atoms with van der Waals surface area (Å²) in [6, 6.07) is 5.42. The molecule has 0 amide bonds. The van der Waals surface area contributed by atoms with Gasteiger partial charge in [0.05, 0.1) is 5.69 Å². The van der Waals surface area contributed by atoms with E-state index in [0.29, 0.717) is 17.4 Å². The lowest BCUT2D eigenvalue weighted by atomic mass is 10.2. The molecule has 3 nitrogen and oxygen atoms in total. The average molecular weight is 223 g/mol. The van der Waals surface area contributed by atoms with Gasteiger partial charge in [-0.25, -0.2) is 4.39 Å². The first-order valence-electron chi connectivity index (χ1n) is 5.54. The summed E-state index contributed by atoms with van der Waals surface area (Å²) in [5.74, 6) is -0.223. The first-order valence-corrected chi connectivity index (χ1v) is 5.54. The molecule has 0 aliphatic carbocycles. The largest absolute Gasteiger partial charge is 0.399 e.